The van der Waals surface area contributed by atoms with E-state index in [4.69, 9.17) is 0 Å². The van der Waals surface area contributed by atoms with Crippen LogP contribution in [0.15, 0.2) is 52.9 Å². The Bertz CT molecular complexity index is 1330. The van der Waals surface area contributed by atoms with Crippen molar-refractivity contribution < 1.29 is 26.4 Å². The number of aromatic nitrogens is 1. The molecule has 0 atom stereocenters. The van der Waals surface area contributed by atoms with Crippen molar-refractivity contribution in [2.75, 3.05) is 24.5 Å². The standard InChI is InChI=1S/C25H24F3N3O3S/c1-18-5-2-7-20(29-18)8-3-6-19-12-15-30(16-13-19)35(33,34)23-17-21(31-14-4-9-24(31)32)10-11-22(23)25(26,27)28/h2,5-7,10-11,17H,4,9,12-16H2,1H3. The van der Waals surface area contributed by atoms with Gasteiger partial charge in [0.15, 0.2) is 0 Å². The Labute approximate surface area is 202 Å². The Morgan fingerprint density at radius 2 is 1.80 bits per heavy atom. The Balaban J connectivity index is 1.55. The Hall–Kier alpha value is -3.16. The van der Waals surface area contributed by atoms with E-state index in [-0.39, 0.29) is 31.1 Å². The minimum atomic E-state index is -4.85. The maximum Gasteiger partial charge on any atom is 0.417 e. The van der Waals surface area contributed by atoms with Gasteiger partial charge in [-0.25, -0.2) is 13.4 Å². The lowest BCUT2D eigenvalue weighted by molar-refractivity contribution is -0.139. The van der Waals surface area contributed by atoms with E-state index in [1.165, 1.54) is 4.90 Å². The van der Waals surface area contributed by atoms with Crippen LogP contribution in [0.1, 0.15) is 42.6 Å². The van der Waals surface area contributed by atoms with Crippen LogP contribution in [-0.2, 0) is 21.0 Å². The molecular weight excluding hydrogens is 479 g/mol. The second-order valence-corrected chi connectivity index (χ2v) is 10.4. The fourth-order valence-corrected chi connectivity index (χ4v) is 5.84. The van der Waals surface area contributed by atoms with Gasteiger partial charge in [0.25, 0.3) is 0 Å². The number of piperidine rings is 1. The van der Waals surface area contributed by atoms with Crippen LogP contribution in [-0.4, -0.2) is 43.2 Å². The van der Waals surface area contributed by atoms with E-state index < -0.39 is 26.7 Å². The molecule has 2 aliphatic heterocycles. The molecule has 0 saturated carbocycles. The van der Waals surface area contributed by atoms with Gasteiger partial charge in [0, 0.05) is 37.4 Å². The summed E-state index contributed by atoms with van der Waals surface area (Å²) < 4.78 is 68.8. The van der Waals surface area contributed by atoms with Crippen LogP contribution >= 0.6 is 0 Å². The number of nitrogens with zero attached hydrogens (tertiary/aromatic N) is 3. The van der Waals surface area contributed by atoms with Crippen LogP contribution in [0, 0.1) is 18.8 Å². The van der Waals surface area contributed by atoms with E-state index in [1.807, 2.05) is 19.1 Å². The minimum absolute atomic E-state index is 0.0444. The van der Waals surface area contributed by atoms with Crippen LogP contribution in [0.4, 0.5) is 18.9 Å². The van der Waals surface area contributed by atoms with Crippen LogP contribution in [0.2, 0.25) is 0 Å². The number of hydrogen-bond donors (Lipinski definition) is 0. The number of benzene rings is 1. The summed E-state index contributed by atoms with van der Waals surface area (Å²) in [5.74, 6) is 5.63. The van der Waals surface area contributed by atoms with Gasteiger partial charge >= 0.3 is 6.18 Å². The first-order chi connectivity index (χ1) is 16.6. The molecule has 3 heterocycles. The summed E-state index contributed by atoms with van der Waals surface area (Å²) in [5.41, 5.74) is 1.32. The first-order valence-corrected chi connectivity index (χ1v) is 12.6. The number of pyridine rings is 1. The normalized spacial score (nSPS) is 17.3. The average Bonchev–Trinajstić information content (AvgIpc) is 3.24. The van der Waals surface area contributed by atoms with E-state index in [0.29, 0.717) is 31.5 Å². The third kappa shape index (κ3) is 5.57. The van der Waals surface area contributed by atoms with Crippen molar-refractivity contribution in [3.8, 4) is 11.8 Å². The van der Waals surface area contributed by atoms with Gasteiger partial charge in [-0.05, 0) is 68.5 Å². The van der Waals surface area contributed by atoms with Crippen LogP contribution in [0.5, 0.6) is 0 Å². The smallest absolute Gasteiger partial charge is 0.312 e. The summed E-state index contributed by atoms with van der Waals surface area (Å²) in [5, 5.41) is 0. The molecule has 2 aromatic rings. The molecule has 0 spiro atoms. The highest BCUT2D eigenvalue weighted by molar-refractivity contribution is 7.89. The number of hydrogen-bond acceptors (Lipinski definition) is 4. The molecule has 1 amide bonds. The molecule has 0 aliphatic carbocycles. The Kier molecular flexibility index (Phi) is 7.01. The molecule has 184 valence electrons. The molecule has 35 heavy (non-hydrogen) atoms. The van der Waals surface area contributed by atoms with Gasteiger partial charge in [-0.2, -0.15) is 17.5 Å². The molecule has 2 fully saturated rings. The molecule has 4 rings (SSSR count). The number of rotatable bonds is 3. The summed E-state index contributed by atoms with van der Waals surface area (Å²) in [4.78, 5) is 16.9. The molecular formula is C25H24F3N3O3S. The van der Waals surface area contributed by atoms with Crippen molar-refractivity contribution in [2.24, 2.45) is 0 Å². The highest BCUT2D eigenvalue weighted by atomic mass is 32.2. The lowest BCUT2D eigenvalue weighted by Gasteiger charge is -2.29. The van der Waals surface area contributed by atoms with Crippen molar-refractivity contribution >= 4 is 21.6 Å². The number of anilines is 1. The van der Waals surface area contributed by atoms with E-state index in [0.717, 1.165) is 33.8 Å². The van der Waals surface area contributed by atoms with E-state index in [9.17, 15) is 26.4 Å². The number of allylic oxidation sites excluding steroid dienone is 1. The van der Waals surface area contributed by atoms with Crippen LogP contribution < -0.4 is 4.90 Å². The highest BCUT2D eigenvalue weighted by Crippen LogP contribution is 2.38. The number of alkyl halides is 3. The third-order valence-electron chi connectivity index (χ3n) is 6.00. The van der Waals surface area contributed by atoms with Gasteiger partial charge in [0.1, 0.15) is 5.69 Å². The fraction of sp³-hybridized carbons (Fsp3) is 0.360. The quantitative estimate of drug-likeness (QED) is 0.586. The predicted molar refractivity (Wildman–Crippen MR) is 125 cm³/mol. The summed E-state index contributed by atoms with van der Waals surface area (Å²) >= 11 is 0. The molecule has 0 radical (unpaired) electrons. The zero-order valence-electron chi connectivity index (χ0n) is 19.1. The maximum absolute atomic E-state index is 13.7. The average molecular weight is 504 g/mol. The number of amides is 1. The zero-order valence-corrected chi connectivity index (χ0v) is 19.9. The molecule has 0 bridgehead atoms. The van der Waals surface area contributed by atoms with Gasteiger partial charge < -0.3 is 4.90 Å². The summed E-state index contributed by atoms with van der Waals surface area (Å²) in [6.07, 6.45) is -1.55. The molecule has 1 aromatic heterocycles. The van der Waals surface area contributed by atoms with Crippen LogP contribution in [0.25, 0.3) is 0 Å². The van der Waals surface area contributed by atoms with Gasteiger partial charge in [0.2, 0.25) is 15.9 Å². The fourth-order valence-electron chi connectivity index (χ4n) is 4.17. The number of carbonyl (C=O) groups excluding carboxylic acids is 1. The van der Waals surface area contributed by atoms with Gasteiger partial charge in [-0.3, -0.25) is 4.79 Å². The number of carbonyl (C=O) groups is 1. The monoisotopic (exact) mass is 503 g/mol. The first-order valence-electron chi connectivity index (χ1n) is 11.2. The summed E-state index contributed by atoms with van der Waals surface area (Å²) in [7, 11) is -4.43. The Morgan fingerprint density at radius 3 is 2.43 bits per heavy atom. The number of halogens is 3. The van der Waals surface area contributed by atoms with Crippen molar-refractivity contribution in [3.63, 3.8) is 0 Å². The Morgan fingerprint density at radius 1 is 1.06 bits per heavy atom. The third-order valence-corrected chi connectivity index (χ3v) is 7.94. The minimum Gasteiger partial charge on any atom is -0.312 e. The maximum atomic E-state index is 13.7. The molecule has 0 N–H and O–H groups in total. The van der Waals surface area contributed by atoms with Gasteiger partial charge in [-0.1, -0.05) is 17.6 Å². The molecule has 2 saturated heterocycles. The number of sulfonamides is 1. The van der Waals surface area contributed by atoms with E-state index >= 15 is 0 Å². The predicted octanol–water partition coefficient (Wildman–Crippen LogP) is 4.30. The largest absolute Gasteiger partial charge is 0.417 e. The van der Waals surface area contributed by atoms with Gasteiger partial charge in [0.05, 0.1) is 10.5 Å². The lowest BCUT2D eigenvalue weighted by Crippen LogP contribution is -2.37. The SMILES string of the molecule is Cc1cccc(C#CC=C2CCN(S(=O)(=O)c3cc(N4CCCC4=O)ccc3C(F)(F)F)CC2)n1. The van der Waals surface area contributed by atoms with E-state index in [2.05, 4.69) is 16.8 Å². The van der Waals surface area contributed by atoms with Crippen molar-refractivity contribution in [2.45, 2.75) is 43.7 Å². The summed E-state index contributed by atoms with van der Waals surface area (Å²) in [6, 6.07) is 8.39. The molecule has 2 aliphatic rings. The van der Waals surface area contributed by atoms with Crippen molar-refractivity contribution in [3.05, 3.63) is 65.0 Å². The molecule has 6 nitrogen and oxygen atoms in total. The van der Waals surface area contributed by atoms with Crippen molar-refractivity contribution in [1.82, 2.24) is 9.29 Å². The highest BCUT2D eigenvalue weighted by Gasteiger charge is 2.40. The first kappa shape index (κ1) is 24.9. The van der Waals surface area contributed by atoms with Gasteiger partial charge in [-0.15, -0.1) is 0 Å². The molecule has 1 aromatic carbocycles. The zero-order chi connectivity index (χ0) is 25.2. The second kappa shape index (κ2) is 9.84. The topological polar surface area (TPSA) is 70.6 Å². The van der Waals surface area contributed by atoms with Crippen molar-refractivity contribution in [1.29, 1.82) is 0 Å². The second-order valence-electron chi connectivity index (χ2n) is 8.47. The molecule has 10 heteroatoms. The molecule has 0 unspecified atom stereocenters. The summed E-state index contributed by atoms with van der Waals surface area (Å²) in [6.45, 7) is 2.30. The lowest BCUT2D eigenvalue weighted by atomic mass is 10.1. The van der Waals surface area contributed by atoms with Crippen LogP contribution in [0.3, 0.4) is 0 Å². The number of aryl methyl sites for hydroxylation is 1. The van der Waals surface area contributed by atoms with E-state index in [1.54, 1.807) is 12.1 Å².